The Hall–Kier alpha value is -2.17. The number of nitrogens with zero attached hydrogens (tertiary/aromatic N) is 1. The molecule has 5 heteroatoms. The van der Waals surface area contributed by atoms with Crippen LogP contribution in [0.5, 0.6) is 11.5 Å². The number of carbonyl (C=O) groups excluding carboxylic acids is 1. The minimum Gasteiger partial charge on any atom is -0.497 e. The molecule has 1 aromatic carbocycles. The lowest BCUT2D eigenvalue weighted by molar-refractivity contribution is 0.179. The molecule has 0 N–H and O–H groups in total. The van der Waals surface area contributed by atoms with E-state index in [1.807, 2.05) is 24.3 Å². The summed E-state index contributed by atoms with van der Waals surface area (Å²) in [6.45, 7) is 0.468. The molecule has 0 radical (unpaired) electrons. The molecule has 0 saturated heterocycles. The van der Waals surface area contributed by atoms with Crippen LogP contribution in [0.4, 0.5) is 10.5 Å². The van der Waals surface area contributed by atoms with Gasteiger partial charge in [-0.05, 0) is 6.42 Å². The highest BCUT2D eigenvalue weighted by Crippen LogP contribution is 2.36. The van der Waals surface area contributed by atoms with Crippen molar-refractivity contribution in [1.29, 1.82) is 0 Å². The summed E-state index contributed by atoms with van der Waals surface area (Å²) in [7, 11) is 4.55. The van der Waals surface area contributed by atoms with Crippen molar-refractivity contribution in [2.75, 3.05) is 32.8 Å². The van der Waals surface area contributed by atoms with Gasteiger partial charge in [0, 0.05) is 24.2 Å². The first-order valence-electron chi connectivity index (χ1n) is 5.96. The largest absolute Gasteiger partial charge is 0.497 e. The maximum atomic E-state index is 11.9. The molecule has 0 aliphatic carbocycles. The smallest absolute Gasteiger partial charge is 0.414 e. The zero-order valence-electron chi connectivity index (χ0n) is 11.3. The first-order chi connectivity index (χ1) is 9.21. The van der Waals surface area contributed by atoms with Crippen molar-refractivity contribution >= 4 is 11.8 Å². The summed E-state index contributed by atoms with van der Waals surface area (Å²) in [6.07, 6.45) is 4.25. The fourth-order valence-corrected chi connectivity index (χ4v) is 2.11. The van der Waals surface area contributed by atoms with Crippen molar-refractivity contribution in [2.24, 2.45) is 0 Å². The minimum atomic E-state index is -0.400. The van der Waals surface area contributed by atoms with Gasteiger partial charge in [-0.3, -0.25) is 4.90 Å². The molecular formula is C14H17NO4. The summed E-state index contributed by atoms with van der Waals surface area (Å²) in [5, 5.41) is 0. The third-order valence-corrected chi connectivity index (χ3v) is 3.08. The molecule has 1 aliphatic heterocycles. The molecule has 0 atom stereocenters. The summed E-state index contributed by atoms with van der Waals surface area (Å²) in [5.74, 6) is 1.35. The van der Waals surface area contributed by atoms with E-state index in [0.29, 0.717) is 24.5 Å². The average molecular weight is 263 g/mol. The highest BCUT2D eigenvalue weighted by Gasteiger charge is 2.23. The topological polar surface area (TPSA) is 48.0 Å². The van der Waals surface area contributed by atoms with E-state index in [4.69, 9.17) is 14.2 Å². The number of benzene rings is 1. The van der Waals surface area contributed by atoms with E-state index in [2.05, 4.69) is 0 Å². The van der Waals surface area contributed by atoms with Gasteiger partial charge in [0.05, 0.1) is 27.0 Å². The van der Waals surface area contributed by atoms with Gasteiger partial charge in [-0.25, -0.2) is 4.79 Å². The van der Waals surface area contributed by atoms with E-state index in [0.717, 1.165) is 11.3 Å². The lowest BCUT2D eigenvalue weighted by atomic mass is 10.1. The molecule has 102 valence electrons. The highest BCUT2D eigenvalue weighted by atomic mass is 16.5. The Balaban J connectivity index is 2.57. The number of methoxy groups -OCH3 is 3. The molecule has 2 rings (SSSR count). The quantitative estimate of drug-likeness (QED) is 0.769. The van der Waals surface area contributed by atoms with Gasteiger partial charge in [0.15, 0.2) is 0 Å². The Morgan fingerprint density at radius 3 is 2.58 bits per heavy atom. The number of anilines is 1. The molecular weight excluding hydrogens is 246 g/mol. The number of hydrogen-bond acceptors (Lipinski definition) is 4. The zero-order valence-corrected chi connectivity index (χ0v) is 11.3. The van der Waals surface area contributed by atoms with Crippen LogP contribution in [0.3, 0.4) is 0 Å². The molecule has 0 unspecified atom stereocenters. The number of hydrogen-bond donors (Lipinski definition) is 0. The highest BCUT2D eigenvalue weighted by molar-refractivity contribution is 5.90. The predicted molar refractivity (Wildman–Crippen MR) is 72.1 cm³/mol. The summed E-state index contributed by atoms with van der Waals surface area (Å²) in [6, 6.07) is 3.63. The molecule has 1 heterocycles. The van der Waals surface area contributed by atoms with Gasteiger partial charge < -0.3 is 14.2 Å². The Bertz CT molecular complexity index is 510. The van der Waals surface area contributed by atoms with Crippen molar-refractivity contribution in [2.45, 2.75) is 6.42 Å². The molecule has 1 amide bonds. The number of carbonyl (C=O) groups is 1. The first-order valence-corrected chi connectivity index (χ1v) is 5.96. The average Bonchev–Trinajstić information content (AvgIpc) is 2.67. The van der Waals surface area contributed by atoms with Crippen molar-refractivity contribution in [1.82, 2.24) is 0 Å². The van der Waals surface area contributed by atoms with E-state index in [9.17, 15) is 4.79 Å². The summed E-state index contributed by atoms with van der Waals surface area (Å²) in [4.78, 5) is 13.4. The normalized spacial score (nSPS) is 13.5. The second kappa shape index (κ2) is 5.65. The molecule has 0 fully saturated rings. The summed E-state index contributed by atoms with van der Waals surface area (Å²) < 4.78 is 15.4. The van der Waals surface area contributed by atoms with Crippen LogP contribution in [-0.2, 0) is 11.2 Å². The van der Waals surface area contributed by atoms with Gasteiger partial charge in [0.1, 0.15) is 11.5 Å². The van der Waals surface area contributed by atoms with Crippen molar-refractivity contribution in [3.8, 4) is 11.5 Å². The number of allylic oxidation sites excluding steroid dienone is 1. The Morgan fingerprint density at radius 2 is 1.95 bits per heavy atom. The number of rotatable bonds is 2. The molecule has 0 spiro atoms. The number of fused-ring (bicyclic) bond motifs is 1. The van der Waals surface area contributed by atoms with E-state index in [1.165, 1.54) is 7.11 Å². The Kier molecular flexibility index (Phi) is 3.94. The zero-order chi connectivity index (χ0) is 13.8. The van der Waals surface area contributed by atoms with Crippen molar-refractivity contribution < 1.29 is 19.0 Å². The van der Waals surface area contributed by atoms with Crippen LogP contribution in [0.1, 0.15) is 5.56 Å². The van der Waals surface area contributed by atoms with E-state index in [-0.39, 0.29) is 0 Å². The molecule has 1 aliphatic rings. The van der Waals surface area contributed by atoms with Crippen LogP contribution in [0.25, 0.3) is 0 Å². The van der Waals surface area contributed by atoms with Gasteiger partial charge in [-0.2, -0.15) is 0 Å². The van der Waals surface area contributed by atoms with E-state index >= 15 is 0 Å². The third kappa shape index (κ3) is 2.50. The van der Waals surface area contributed by atoms with Crippen molar-refractivity contribution in [3.63, 3.8) is 0 Å². The predicted octanol–water partition coefficient (Wildman–Crippen LogP) is 2.39. The standard InChI is InChI=1S/C14H17NO4/c1-17-10-8-12-11(13(9-10)18-2)6-4-5-7-15(12)14(16)19-3/h4-5,8-9H,6-7H2,1-3H3. The van der Waals surface area contributed by atoms with Crippen LogP contribution < -0.4 is 14.4 Å². The Morgan fingerprint density at radius 1 is 1.16 bits per heavy atom. The number of amides is 1. The fourth-order valence-electron chi connectivity index (χ4n) is 2.11. The summed E-state index contributed by atoms with van der Waals surface area (Å²) in [5.41, 5.74) is 1.70. The summed E-state index contributed by atoms with van der Waals surface area (Å²) >= 11 is 0. The second-order valence-electron chi connectivity index (χ2n) is 4.08. The van der Waals surface area contributed by atoms with Gasteiger partial charge in [-0.15, -0.1) is 0 Å². The minimum absolute atomic E-state index is 0.400. The second-order valence-corrected chi connectivity index (χ2v) is 4.08. The maximum Gasteiger partial charge on any atom is 0.414 e. The van der Waals surface area contributed by atoms with Gasteiger partial charge in [-0.1, -0.05) is 12.2 Å². The maximum absolute atomic E-state index is 11.9. The van der Waals surface area contributed by atoms with E-state index < -0.39 is 6.09 Å². The lowest BCUT2D eigenvalue weighted by Crippen LogP contribution is -2.31. The van der Waals surface area contributed by atoms with Crippen LogP contribution in [0, 0.1) is 0 Å². The molecule has 5 nitrogen and oxygen atoms in total. The fraction of sp³-hybridized carbons (Fsp3) is 0.357. The molecule has 1 aromatic rings. The third-order valence-electron chi connectivity index (χ3n) is 3.08. The van der Waals surface area contributed by atoms with Crippen molar-refractivity contribution in [3.05, 3.63) is 29.8 Å². The SMILES string of the molecule is COC(=O)N1CC=CCc2c(OC)cc(OC)cc21. The molecule has 19 heavy (non-hydrogen) atoms. The first kappa shape index (κ1) is 13.3. The molecule has 0 aromatic heterocycles. The van der Waals surface area contributed by atoms with Crippen LogP contribution in [0.2, 0.25) is 0 Å². The molecule has 0 bridgehead atoms. The van der Waals surface area contributed by atoms with Crippen LogP contribution in [0.15, 0.2) is 24.3 Å². The number of ether oxygens (including phenoxy) is 3. The lowest BCUT2D eigenvalue weighted by Gasteiger charge is -2.23. The monoisotopic (exact) mass is 263 g/mol. The van der Waals surface area contributed by atoms with Gasteiger partial charge in [0.2, 0.25) is 0 Å². The molecule has 0 saturated carbocycles. The van der Waals surface area contributed by atoms with Crippen LogP contribution in [-0.4, -0.2) is 34.0 Å². The van der Waals surface area contributed by atoms with Gasteiger partial charge in [0.25, 0.3) is 0 Å². The Labute approximate surface area is 112 Å². The van der Waals surface area contributed by atoms with Gasteiger partial charge >= 0.3 is 6.09 Å². The van der Waals surface area contributed by atoms with Crippen LogP contribution >= 0.6 is 0 Å². The van der Waals surface area contributed by atoms with E-state index in [1.54, 1.807) is 19.1 Å².